The van der Waals surface area contributed by atoms with Crippen molar-refractivity contribution in [1.29, 1.82) is 0 Å². The molecule has 0 aliphatic heterocycles. The van der Waals surface area contributed by atoms with Crippen LogP contribution in [0.15, 0.2) is 146 Å². The monoisotopic (exact) mass is 1350 g/mol. The summed E-state index contributed by atoms with van der Waals surface area (Å²) in [7, 11) is 0. The van der Waals surface area contributed by atoms with E-state index in [0.717, 1.165) is 166 Å². The molecule has 0 saturated heterocycles. The van der Waals surface area contributed by atoms with Gasteiger partial charge in [-0.3, -0.25) is 0 Å². The highest BCUT2D eigenvalue weighted by atomic mass is 16.5. The van der Waals surface area contributed by atoms with Gasteiger partial charge in [0.1, 0.15) is 23.0 Å². The minimum absolute atomic E-state index is 0.232. The average molecular weight is 1350 g/mol. The highest BCUT2D eigenvalue weighted by molar-refractivity contribution is 5.92. The Morgan fingerprint density at radius 2 is 0.460 bits per heavy atom. The zero-order valence-corrected chi connectivity index (χ0v) is 60.1. The van der Waals surface area contributed by atoms with Crippen molar-refractivity contribution >= 4 is 46.9 Å². The zero-order chi connectivity index (χ0) is 70.6. The van der Waals surface area contributed by atoms with Crippen molar-refractivity contribution in [3.05, 3.63) is 235 Å². The van der Waals surface area contributed by atoms with Gasteiger partial charge in [-0.05, 0) is 124 Å². The highest BCUT2D eigenvalue weighted by Crippen LogP contribution is 2.43. The molecule has 8 aromatic rings. The van der Waals surface area contributed by atoms with Crippen molar-refractivity contribution in [1.82, 2.24) is 21.3 Å². The van der Waals surface area contributed by atoms with Crippen molar-refractivity contribution in [3.63, 3.8) is 0 Å². The van der Waals surface area contributed by atoms with Crippen LogP contribution in [0.4, 0.5) is 41.9 Å². The maximum atomic E-state index is 14.4. The summed E-state index contributed by atoms with van der Waals surface area (Å²) < 4.78 is 28.7. The first-order chi connectivity index (χ1) is 48.6. The molecule has 0 aromatic heterocycles. The molecule has 16 nitrogen and oxygen atoms in total. The van der Waals surface area contributed by atoms with E-state index in [1.165, 1.54) is 0 Å². The second-order valence-electron chi connectivity index (χ2n) is 26.6. The van der Waals surface area contributed by atoms with Gasteiger partial charge < -0.3 is 61.5 Å². The number of aryl methyl sites for hydroxylation is 4. The Morgan fingerprint density at radius 1 is 0.280 bits per heavy atom. The first-order valence-corrected chi connectivity index (χ1v) is 36.2. The molecule has 528 valence electrons. The quantitative estimate of drug-likeness (QED) is 0.0190. The van der Waals surface area contributed by atoms with Crippen LogP contribution in [0.3, 0.4) is 0 Å². The maximum Gasteiger partial charge on any atom is 0.319 e. The molecule has 1 aliphatic rings. The van der Waals surface area contributed by atoms with Crippen LogP contribution in [0.25, 0.3) is 0 Å². The van der Waals surface area contributed by atoms with Crippen LogP contribution in [-0.4, -0.2) is 50.6 Å². The third-order valence-electron chi connectivity index (χ3n) is 17.8. The van der Waals surface area contributed by atoms with Crippen molar-refractivity contribution in [2.75, 3.05) is 47.7 Å². The Labute approximate surface area is 592 Å². The number of benzene rings is 8. The predicted octanol–water partition coefficient (Wildman–Crippen LogP) is 19.2. The van der Waals surface area contributed by atoms with Gasteiger partial charge in [0.25, 0.3) is 0 Å². The lowest BCUT2D eigenvalue weighted by atomic mass is 9.90. The molecule has 16 heteroatoms. The third kappa shape index (κ3) is 23.1. The number of nitrogens with one attached hydrogen (secondary N) is 8. The van der Waals surface area contributed by atoms with Crippen molar-refractivity contribution < 1.29 is 38.1 Å². The topological polar surface area (TPSA) is 201 Å². The van der Waals surface area contributed by atoms with Crippen LogP contribution in [0.1, 0.15) is 194 Å². The van der Waals surface area contributed by atoms with Gasteiger partial charge in [-0.1, -0.05) is 198 Å². The molecule has 0 atom stereocenters. The summed E-state index contributed by atoms with van der Waals surface area (Å²) in [6.45, 7) is 19.7. The lowest BCUT2D eigenvalue weighted by molar-refractivity contribution is 0.251. The lowest BCUT2D eigenvalue weighted by Gasteiger charge is -2.25. The van der Waals surface area contributed by atoms with Gasteiger partial charge in [-0.2, -0.15) is 0 Å². The molecule has 8 amide bonds. The summed E-state index contributed by atoms with van der Waals surface area (Å²) >= 11 is 0. The van der Waals surface area contributed by atoms with Gasteiger partial charge in [-0.25, -0.2) is 19.2 Å². The van der Waals surface area contributed by atoms with Crippen LogP contribution in [-0.2, 0) is 51.9 Å². The standard InChI is InChI=1S/C84H104N8O8/c1-9-13-17-37-97-77-65-41-67-47-74(90-82(94)86-54-62-31-23-58(6)24-32-62)49-69(78(67)98-38-18-14-10-2)43-71-51-76(92-84(96)88-56-64-35-27-60(8)28-36-64)52-72(80(71)100-40-20-16-12-4)44-70-50-75(91-83(95)87-55-63-33-25-59(7)26-34-63)48-68(79(70)99-39-19-15-11-3)42-66(77)46-73(45-65)89-81(93)85-53-61-29-21-57(5)22-30-61/h21-36,45-52H,9-20,37-44,53-56H2,1-8H3,(H2,85,89,93)(H2,86,90,94)(H2,87,91,95)(H2,88,92,96). The number of fused-ring (bicyclic) bond motifs is 8. The summed E-state index contributed by atoms with van der Waals surface area (Å²) in [6, 6.07) is 46.6. The SMILES string of the molecule is CCCCCOc1c2cc(NC(=O)NCc3ccc(C)cc3)cc1Cc1cc(NC(=O)NCc3ccc(C)cc3)cc(c1OCCCCC)Cc1cc(NC(=O)NCc3ccc(C)cc3)cc(c1OCCCCC)Cc1cc(NC(=O)NCc3ccc(C)cc3)cc(c1OCCCCC)C2. The Morgan fingerprint density at radius 3 is 0.630 bits per heavy atom. The van der Waals surface area contributed by atoms with E-state index >= 15 is 0 Å². The summed E-state index contributed by atoms with van der Waals surface area (Å²) in [4.78, 5) is 57.4. The molecule has 9 rings (SSSR count). The number of ether oxygens (including phenoxy) is 4. The predicted molar refractivity (Wildman–Crippen MR) is 405 cm³/mol. The summed E-state index contributed by atoms with van der Waals surface area (Å²) in [5.74, 6) is 2.55. The Hall–Kier alpha value is -9.96. The Bertz CT molecular complexity index is 3380. The minimum Gasteiger partial charge on any atom is -0.493 e. The molecule has 8 N–H and O–H groups in total. The maximum absolute atomic E-state index is 14.4. The number of anilines is 4. The van der Waals surface area contributed by atoms with Crippen LogP contribution >= 0.6 is 0 Å². The molecule has 0 unspecified atom stereocenters. The summed E-state index contributed by atoms with van der Waals surface area (Å²) in [6.07, 6.45) is 11.8. The van der Waals surface area contributed by atoms with Crippen LogP contribution in [0, 0.1) is 27.7 Å². The van der Waals surface area contributed by atoms with E-state index < -0.39 is 24.1 Å². The molecule has 0 spiro atoms. The molecular weight excluding hydrogens is 1250 g/mol. The van der Waals surface area contributed by atoms with E-state index in [4.69, 9.17) is 18.9 Å². The number of hydrogen-bond acceptors (Lipinski definition) is 8. The molecule has 0 heterocycles. The molecule has 8 aromatic carbocycles. The van der Waals surface area contributed by atoms with Crippen molar-refractivity contribution in [3.8, 4) is 23.0 Å². The lowest BCUT2D eigenvalue weighted by Crippen LogP contribution is -2.28. The number of carbonyl (C=O) groups is 4. The minimum atomic E-state index is -0.391. The van der Waals surface area contributed by atoms with E-state index in [2.05, 4.69) is 70.2 Å². The second kappa shape index (κ2) is 38.4. The molecule has 100 heavy (non-hydrogen) atoms. The average Bonchev–Trinajstić information content (AvgIpc) is 0.773. The van der Waals surface area contributed by atoms with E-state index in [-0.39, 0.29) is 25.7 Å². The fourth-order valence-electron chi connectivity index (χ4n) is 12.3. The van der Waals surface area contributed by atoms with Gasteiger partial charge in [0.15, 0.2) is 0 Å². The molecule has 8 bridgehead atoms. The fraction of sp³-hybridized carbons (Fsp3) is 0.381. The Balaban J connectivity index is 1.29. The van der Waals surface area contributed by atoms with Crippen molar-refractivity contribution in [2.45, 2.75) is 184 Å². The summed E-state index contributed by atoms with van der Waals surface area (Å²) in [5, 5.41) is 25.3. The van der Waals surface area contributed by atoms with Crippen molar-refractivity contribution in [2.24, 2.45) is 0 Å². The smallest absolute Gasteiger partial charge is 0.319 e. The number of amides is 8. The third-order valence-corrected chi connectivity index (χ3v) is 17.8. The first-order valence-electron chi connectivity index (χ1n) is 36.2. The largest absolute Gasteiger partial charge is 0.493 e. The van der Waals surface area contributed by atoms with Crippen LogP contribution in [0.5, 0.6) is 23.0 Å². The fourth-order valence-corrected chi connectivity index (χ4v) is 12.3. The van der Waals surface area contributed by atoms with Gasteiger partial charge in [0.2, 0.25) is 0 Å². The second-order valence-corrected chi connectivity index (χ2v) is 26.6. The molecule has 1 aliphatic carbocycles. The number of rotatable bonds is 32. The van der Waals surface area contributed by atoms with E-state index in [1.54, 1.807) is 0 Å². The van der Waals surface area contributed by atoms with E-state index in [9.17, 15) is 19.2 Å². The van der Waals surface area contributed by atoms with Crippen LogP contribution in [0.2, 0.25) is 0 Å². The molecule has 0 radical (unpaired) electrons. The van der Waals surface area contributed by atoms with Gasteiger partial charge in [-0.15, -0.1) is 0 Å². The number of unbranched alkanes of at least 4 members (excludes halogenated alkanes) is 8. The molecule has 0 fully saturated rings. The van der Waals surface area contributed by atoms with Gasteiger partial charge >= 0.3 is 24.1 Å². The van der Waals surface area contributed by atoms with Crippen LogP contribution < -0.4 is 61.5 Å². The normalized spacial score (nSPS) is 11.6. The van der Waals surface area contributed by atoms with E-state index in [0.29, 0.717) is 98.4 Å². The van der Waals surface area contributed by atoms with Gasteiger partial charge in [0, 0.05) is 119 Å². The zero-order valence-electron chi connectivity index (χ0n) is 60.1. The highest BCUT2D eigenvalue weighted by Gasteiger charge is 2.27. The molecular formula is C84H104N8O8. The number of hydrogen-bond donors (Lipinski definition) is 8. The Kier molecular flexibility index (Phi) is 28.5. The number of urea groups is 4. The summed E-state index contributed by atoms with van der Waals surface area (Å²) in [5.41, 5.74) is 16.6. The molecule has 0 saturated carbocycles. The number of carbonyl (C=O) groups excluding carboxylic acids is 4. The van der Waals surface area contributed by atoms with Gasteiger partial charge in [0.05, 0.1) is 26.4 Å². The first kappa shape index (κ1) is 74.3. The van der Waals surface area contributed by atoms with E-state index in [1.807, 2.05) is 173 Å².